The Bertz CT molecular complexity index is 363. The van der Waals surface area contributed by atoms with Crippen LogP contribution in [0.5, 0.6) is 0 Å². The second-order valence-electron chi connectivity index (χ2n) is 4.91. The molecule has 1 saturated heterocycles. The van der Waals surface area contributed by atoms with Gasteiger partial charge in [0.2, 0.25) is 0 Å². The molecule has 0 radical (unpaired) electrons. The van der Waals surface area contributed by atoms with E-state index in [2.05, 4.69) is 18.3 Å². The largest absolute Gasteiger partial charge is 0.377 e. The van der Waals surface area contributed by atoms with E-state index in [-0.39, 0.29) is 0 Å². The minimum absolute atomic E-state index is 0.341. The predicted octanol–water partition coefficient (Wildman–Crippen LogP) is 3.43. The molecule has 1 fully saturated rings. The van der Waals surface area contributed by atoms with Crippen LogP contribution in [-0.4, -0.2) is 25.3 Å². The molecule has 1 heterocycles. The molecule has 0 saturated carbocycles. The van der Waals surface area contributed by atoms with E-state index in [1.165, 1.54) is 12.0 Å². The van der Waals surface area contributed by atoms with Gasteiger partial charge in [-0.3, -0.25) is 0 Å². The van der Waals surface area contributed by atoms with E-state index in [9.17, 15) is 0 Å². The number of nitrogens with one attached hydrogen (secondary N) is 1. The van der Waals surface area contributed by atoms with Crippen LogP contribution in [0, 0.1) is 0 Å². The van der Waals surface area contributed by atoms with Gasteiger partial charge in [-0.1, -0.05) is 36.7 Å². The van der Waals surface area contributed by atoms with Crippen molar-refractivity contribution in [1.29, 1.82) is 0 Å². The molecule has 18 heavy (non-hydrogen) atoms. The third-order valence-electron chi connectivity index (χ3n) is 3.47. The highest BCUT2D eigenvalue weighted by Gasteiger charge is 2.25. The van der Waals surface area contributed by atoms with Crippen LogP contribution in [0.15, 0.2) is 24.3 Å². The molecule has 1 aromatic rings. The van der Waals surface area contributed by atoms with E-state index >= 15 is 0 Å². The van der Waals surface area contributed by atoms with Crippen LogP contribution in [0.1, 0.15) is 31.7 Å². The molecule has 100 valence electrons. The van der Waals surface area contributed by atoms with Gasteiger partial charge >= 0.3 is 0 Å². The number of benzene rings is 1. The van der Waals surface area contributed by atoms with Gasteiger partial charge in [0.25, 0.3) is 0 Å². The minimum Gasteiger partial charge on any atom is -0.377 e. The molecule has 0 amide bonds. The van der Waals surface area contributed by atoms with Crippen LogP contribution in [0.4, 0.5) is 0 Å². The maximum absolute atomic E-state index is 6.24. The Morgan fingerprint density at radius 1 is 1.44 bits per heavy atom. The van der Waals surface area contributed by atoms with Crippen molar-refractivity contribution in [1.82, 2.24) is 5.32 Å². The lowest BCUT2D eigenvalue weighted by Gasteiger charge is -2.24. The topological polar surface area (TPSA) is 21.3 Å². The zero-order chi connectivity index (χ0) is 12.8. The van der Waals surface area contributed by atoms with E-state index < -0.39 is 0 Å². The molecule has 0 aliphatic carbocycles. The average molecular weight is 268 g/mol. The first-order valence-corrected chi connectivity index (χ1v) is 7.27. The van der Waals surface area contributed by atoms with Crippen LogP contribution in [0.2, 0.25) is 5.02 Å². The third-order valence-corrected chi connectivity index (χ3v) is 3.84. The highest BCUT2D eigenvalue weighted by Crippen LogP contribution is 2.22. The summed E-state index contributed by atoms with van der Waals surface area (Å²) < 4.78 is 5.82. The Kier molecular flexibility index (Phi) is 5.48. The Morgan fingerprint density at radius 3 is 2.94 bits per heavy atom. The molecule has 2 atom stereocenters. The third kappa shape index (κ3) is 3.71. The van der Waals surface area contributed by atoms with Crippen LogP contribution >= 0.6 is 11.6 Å². The quantitative estimate of drug-likeness (QED) is 0.853. The summed E-state index contributed by atoms with van der Waals surface area (Å²) in [6, 6.07) is 8.48. The summed E-state index contributed by atoms with van der Waals surface area (Å²) >= 11 is 6.24. The van der Waals surface area contributed by atoms with Gasteiger partial charge in [-0.15, -0.1) is 0 Å². The predicted molar refractivity (Wildman–Crippen MR) is 76.2 cm³/mol. The van der Waals surface area contributed by atoms with Crippen LogP contribution in [0.3, 0.4) is 0 Å². The first-order chi connectivity index (χ1) is 8.81. The van der Waals surface area contributed by atoms with Gasteiger partial charge in [0.1, 0.15) is 0 Å². The number of halogens is 1. The molecular formula is C15H22ClNO. The van der Waals surface area contributed by atoms with Gasteiger partial charge in [0, 0.05) is 17.7 Å². The number of hydrogen-bond acceptors (Lipinski definition) is 2. The molecule has 3 heteroatoms. The van der Waals surface area contributed by atoms with E-state index in [0.29, 0.717) is 12.1 Å². The summed E-state index contributed by atoms with van der Waals surface area (Å²) in [4.78, 5) is 0. The van der Waals surface area contributed by atoms with Gasteiger partial charge in [0.05, 0.1) is 6.10 Å². The Morgan fingerprint density at radius 2 is 2.28 bits per heavy atom. The lowest BCUT2D eigenvalue weighted by molar-refractivity contribution is 0.0784. The Hall–Kier alpha value is -0.570. The average Bonchev–Trinajstić information content (AvgIpc) is 2.90. The molecule has 0 aromatic heterocycles. The number of rotatable bonds is 6. The second kappa shape index (κ2) is 7.13. The summed E-state index contributed by atoms with van der Waals surface area (Å²) in [5, 5.41) is 4.46. The van der Waals surface area contributed by atoms with Crippen molar-refractivity contribution < 1.29 is 4.74 Å². The van der Waals surface area contributed by atoms with Crippen LogP contribution < -0.4 is 5.32 Å². The number of hydrogen-bond donors (Lipinski definition) is 1. The monoisotopic (exact) mass is 267 g/mol. The molecule has 1 N–H and O–H groups in total. The van der Waals surface area contributed by atoms with Gasteiger partial charge < -0.3 is 10.1 Å². The normalized spacial score (nSPS) is 21.1. The van der Waals surface area contributed by atoms with Crippen molar-refractivity contribution in [3.8, 4) is 0 Å². The minimum atomic E-state index is 0.341. The van der Waals surface area contributed by atoms with E-state index in [1.54, 1.807) is 0 Å². The molecule has 2 nitrogen and oxygen atoms in total. The van der Waals surface area contributed by atoms with Gasteiger partial charge in [-0.05, 0) is 43.9 Å². The lowest BCUT2D eigenvalue weighted by Crippen LogP contribution is -2.41. The van der Waals surface area contributed by atoms with Crippen molar-refractivity contribution >= 4 is 11.6 Å². The molecule has 2 rings (SSSR count). The van der Waals surface area contributed by atoms with Crippen molar-refractivity contribution in [2.24, 2.45) is 0 Å². The van der Waals surface area contributed by atoms with E-state index in [1.807, 2.05) is 18.2 Å². The van der Waals surface area contributed by atoms with Gasteiger partial charge in [0.15, 0.2) is 0 Å². The summed E-state index contributed by atoms with van der Waals surface area (Å²) in [5.74, 6) is 0. The van der Waals surface area contributed by atoms with E-state index in [0.717, 1.165) is 37.4 Å². The first kappa shape index (κ1) is 13.9. The summed E-state index contributed by atoms with van der Waals surface area (Å²) in [7, 11) is 0. The highest BCUT2D eigenvalue weighted by atomic mass is 35.5. The fraction of sp³-hybridized carbons (Fsp3) is 0.600. The Labute approximate surface area is 115 Å². The highest BCUT2D eigenvalue weighted by molar-refractivity contribution is 6.31. The first-order valence-electron chi connectivity index (χ1n) is 6.89. The standard InChI is InChI=1S/C15H22ClNO/c1-2-9-17-14(15-8-5-10-18-15)11-12-6-3-4-7-13(12)16/h3-4,6-7,14-15,17H,2,5,8-11H2,1H3. The van der Waals surface area contributed by atoms with Gasteiger partial charge in [-0.25, -0.2) is 0 Å². The smallest absolute Gasteiger partial charge is 0.0732 e. The van der Waals surface area contributed by atoms with Crippen molar-refractivity contribution in [2.75, 3.05) is 13.2 Å². The summed E-state index contributed by atoms with van der Waals surface area (Å²) in [5.41, 5.74) is 1.21. The molecule has 2 unspecified atom stereocenters. The Balaban J connectivity index is 2.02. The molecule has 1 aliphatic heterocycles. The van der Waals surface area contributed by atoms with E-state index in [4.69, 9.17) is 16.3 Å². The van der Waals surface area contributed by atoms with Crippen molar-refractivity contribution in [2.45, 2.75) is 44.8 Å². The maximum Gasteiger partial charge on any atom is 0.0732 e. The molecule has 0 spiro atoms. The summed E-state index contributed by atoms with van der Waals surface area (Å²) in [6.45, 7) is 4.13. The number of ether oxygens (including phenoxy) is 1. The van der Waals surface area contributed by atoms with Crippen molar-refractivity contribution in [3.05, 3.63) is 34.9 Å². The van der Waals surface area contributed by atoms with Crippen LogP contribution in [0.25, 0.3) is 0 Å². The zero-order valence-electron chi connectivity index (χ0n) is 11.0. The fourth-order valence-corrected chi connectivity index (χ4v) is 2.70. The molecule has 1 aromatic carbocycles. The molecular weight excluding hydrogens is 246 g/mol. The fourth-order valence-electron chi connectivity index (χ4n) is 2.49. The molecule has 1 aliphatic rings. The molecule has 0 bridgehead atoms. The zero-order valence-corrected chi connectivity index (χ0v) is 11.7. The second-order valence-corrected chi connectivity index (χ2v) is 5.31. The summed E-state index contributed by atoms with van der Waals surface area (Å²) in [6.07, 6.45) is 4.77. The maximum atomic E-state index is 6.24. The van der Waals surface area contributed by atoms with Gasteiger partial charge in [-0.2, -0.15) is 0 Å². The SMILES string of the molecule is CCCNC(Cc1ccccc1Cl)C1CCCO1. The van der Waals surface area contributed by atoms with Crippen molar-refractivity contribution in [3.63, 3.8) is 0 Å². The van der Waals surface area contributed by atoms with Crippen LogP contribution in [-0.2, 0) is 11.2 Å². The lowest BCUT2D eigenvalue weighted by atomic mass is 9.99.